The highest BCUT2D eigenvalue weighted by molar-refractivity contribution is 6.00. The molecule has 24 heavy (non-hydrogen) atoms. The van der Waals surface area contributed by atoms with Gasteiger partial charge >= 0.3 is 0 Å². The molecule has 0 bridgehead atoms. The quantitative estimate of drug-likeness (QED) is 0.198. The summed E-state index contributed by atoms with van der Waals surface area (Å²) in [5.74, 6) is -16.2. The van der Waals surface area contributed by atoms with Gasteiger partial charge in [-0.15, -0.1) is 0 Å². The van der Waals surface area contributed by atoms with Crippen LogP contribution in [0.4, 0.5) is 35.1 Å². The summed E-state index contributed by atoms with van der Waals surface area (Å²) < 4.78 is 109. The van der Waals surface area contributed by atoms with E-state index in [2.05, 4.69) is 0 Å². The van der Waals surface area contributed by atoms with Crippen LogP contribution in [0.25, 0.3) is 21.5 Å². The third-order valence-corrected chi connectivity index (χ3v) is 3.26. The summed E-state index contributed by atoms with van der Waals surface area (Å²) in [5, 5.41) is -5.42. The molecule has 3 aromatic carbocycles. The van der Waals surface area contributed by atoms with E-state index in [1.54, 1.807) is 0 Å². The molecule has 0 fully saturated rings. The van der Waals surface area contributed by atoms with E-state index in [1.165, 1.54) is 0 Å². The van der Waals surface area contributed by atoms with Crippen molar-refractivity contribution in [3.63, 3.8) is 0 Å². The lowest BCUT2D eigenvalue weighted by atomic mass is 10.00. The largest absolute Gasteiger partial charge is 0.206 e. The molecule has 3 rings (SSSR count). The Morgan fingerprint density at radius 2 is 0.917 bits per heavy atom. The van der Waals surface area contributed by atoms with Crippen molar-refractivity contribution in [1.29, 1.82) is 0 Å². The highest BCUT2D eigenvalue weighted by atomic mass is 19.2. The number of rotatable bonds is 0. The lowest BCUT2D eigenvalue weighted by molar-refractivity contribution is 0.415. The molecular formula is C16H8F8. The van der Waals surface area contributed by atoms with Gasteiger partial charge in [0.25, 0.3) is 0 Å². The Bertz CT molecular complexity index is 962. The molecule has 8 heteroatoms. The molecule has 0 spiro atoms. The fourth-order valence-electron chi connectivity index (χ4n) is 2.25. The van der Waals surface area contributed by atoms with Gasteiger partial charge in [-0.05, 0) is 12.1 Å². The highest BCUT2D eigenvalue weighted by Gasteiger charge is 2.29. The summed E-state index contributed by atoms with van der Waals surface area (Å²) in [6.45, 7) is 4.00. The molecular weight excluding hydrogens is 344 g/mol. The number of benzene rings is 3. The summed E-state index contributed by atoms with van der Waals surface area (Å²) in [4.78, 5) is 0. The smallest absolute Gasteiger partial charge is 0.198 e. The van der Waals surface area contributed by atoms with Gasteiger partial charge < -0.3 is 0 Å². The Morgan fingerprint density at radius 3 is 1.42 bits per heavy atom. The van der Waals surface area contributed by atoms with Crippen LogP contribution in [0.1, 0.15) is 13.8 Å². The maximum atomic E-state index is 14.2. The van der Waals surface area contributed by atoms with Gasteiger partial charge in [0.2, 0.25) is 0 Å². The third-order valence-electron chi connectivity index (χ3n) is 3.26. The second-order valence-corrected chi connectivity index (χ2v) is 4.42. The SMILES string of the molecule is CC.Fc1ccc2c(F)c3c(F)c(F)c(F)c(F)c3c(F)c2c1F. The Morgan fingerprint density at radius 1 is 0.458 bits per heavy atom. The zero-order valence-electron chi connectivity index (χ0n) is 12.2. The number of hydrogen-bond donors (Lipinski definition) is 0. The van der Waals surface area contributed by atoms with Crippen molar-refractivity contribution in [2.45, 2.75) is 13.8 Å². The molecule has 128 valence electrons. The molecule has 0 aliphatic heterocycles. The zero-order chi connectivity index (χ0) is 18.3. The molecule has 0 nitrogen and oxygen atoms in total. The van der Waals surface area contributed by atoms with Crippen molar-refractivity contribution in [2.24, 2.45) is 0 Å². The second-order valence-electron chi connectivity index (χ2n) is 4.42. The van der Waals surface area contributed by atoms with Crippen molar-refractivity contribution in [3.8, 4) is 0 Å². The molecule has 0 radical (unpaired) electrons. The average molecular weight is 352 g/mol. The van der Waals surface area contributed by atoms with E-state index < -0.39 is 68.1 Å². The summed E-state index contributed by atoms with van der Waals surface area (Å²) in [6, 6.07) is 1.00. The molecule has 0 unspecified atom stereocenters. The average Bonchev–Trinajstić information content (AvgIpc) is 2.58. The molecule has 0 heterocycles. The van der Waals surface area contributed by atoms with Gasteiger partial charge in [-0.2, -0.15) is 0 Å². The minimum atomic E-state index is -2.39. The van der Waals surface area contributed by atoms with Crippen LogP contribution in [0.2, 0.25) is 0 Å². The maximum Gasteiger partial charge on any atom is 0.198 e. The number of fused-ring (bicyclic) bond motifs is 2. The third kappa shape index (κ3) is 2.28. The normalized spacial score (nSPS) is 10.9. The van der Waals surface area contributed by atoms with E-state index in [0.29, 0.717) is 12.1 Å². The van der Waals surface area contributed by atoms with Crippen molar-refractivity contribution in [3.05, 3.63) is 58.7 Å². The van der Waals surface area contributed by atoms with E-state index in [1.807, 2.05) is 13.8 Å². The van der Waals surface area contributed by atoms with Gasteiger partial charge in [0.1, 0.15) is 11.6 Å². The highest BCUT2D eigenvalue weighted by Crippen LogP contribution is 2.37. The molecule has 0 amide bonds. The molecule has 0 N–H and O–H groups in total. The monoisotopic (exact) mass is 352 g/mol. The first-order valence-electron chi connectivity index (χ1n) is 6.67. The lowest BCUT2D eigenvalue weighted by Gasteiger charge is -2.11. The van der Waals surface area contributed by atoms with Crippen molar-refractivity contribution in [2.75, 3.05) is 0 Å². The Kier molecular flexibility index (Phi) is 4.68. The van der Waals surface area contributed by atoms with Crippen LogP contribution in [0.3, 0.4) is 0 Å². The maximum absolute atomic E-state index is 14.2. The number of hydrogen-bond acceptors (Lipinski definition) is 0. The van der Waals surface area contributed by atoms with Crippen LogP contribution < -0.4 is 0 Å². The molecule has 0 aliphatic rings. The van der Waals surface area contributed by atoms with Gasteiger partial charge in [-0.3, -0.25) is 0 Å². The van der Waals surface area contributed by atoms with E-state index in [4.69, 9.17) is 0 Å². The van der Waals surface area contributed by atoms with Crippen molar-refractivity contribution >= 4 is 21.5 Å². The summed E-state index contributed by atoms with van der Waals surface area (Å²) in [5.41, 5.74) is 0. The van der Waals surface area contributed by atoms with Crippen LogP contribution in [0.5, 0.6) is 0 Å². The summed E-state index contributed by atoms with van der Waals surface area (Å²) in [7, 11) is 0. The minimum absolute atomic E-state index is 0.431. The lowest BCUT2D eigenvalue weighted by Crippen LogP contribution is -2.04. The van der Waals surface area contributed by atoms with E-state index >= 15 is 0 Å². The van der Waals surface area contributed by atoms with Gasteiger partial charge in [-0.25, -0.2) is 35.1 Å². The van der Waals surface area contributed by atoms with Gasteiger partial charge in [0, 0.05) is 5.39 Å². The van der Waals surface area contributed by atoms with E-state index in [9.17, 15) is 35.1 Å². The molecule has 3 aromatic rings. The summed E-state index contributed by atoms with van der Waals surface area (Å²) in [6.07, 6.45) is 0. The topological polar surface area (TPSA) is 0 Å². The Labute approximate surface area is 130 Å². The van der Waals surface area contributed by atoms with Gasteiger partial charge in [0.15, 0.2) is 34.9 Å². The van der Waals surface area contributed by atoms with E-state index in [-0.39, 0.29) is 0 Å². The van der Waals surface area contributed by atoms with Gasteiger partial charge in [-0.1, -0.05) is 13.8 Å². The Balaban J connectivity index is 0.00000100. The second kappa shape index (κ2) is 6.26. The zero-order valence-corrected chi connectivity index (χ0v) is 12.2. The van der Waals surface area contributed by atoms with Gasteiger partial charge in [0.05, 0.1) is 16.2 Å². The fraction of sp³-hybridized carbons (Fsp3) is 0.125. The first kappa shape index (κ1) is 18.0. The van der Waals surface area contributed by atoms with Crippen LogP contribution in [-0.2, 0) is 0 Å². The van der Waals surface area contributed by atoms with Crippen molar-refractivity contribution < 1.29 is 35.1 Å². The summed E-state index contributed by atoms with van der Waals surface area (Å²) >= 11 is 0. The first-order chi connectivity index (χ1) is 11.3. The first-order valence-corrected chi connectivity index (χ1v) is 6.67. The van der Waals surface area contributed by atoms with Crippen LogP contribution >= 0.6 is 0 Å². The predicted octanol–water partition coefficient (Wildman–Crippen LogP) is 6.13. The minimum Gasteiger partial charge on any atom is -0.206 e. The Hall–Kier alpha value is -2.38. The molecule has 0 aliphatic carbocycles. The molecule has 0 atom stereocenters. The molecule has 0 saturated heterocycles. The van der Waals surface area contributed by atoms with Crippen LogP contribution in [0.15, 0.2) is 12.1 Å². The van der Waals surface area contributed by atoms with E-state index in [0.717, 1.165) is 0 Å². The van der Waals surface area contributed by atoms with Crippen LogP contribution in [-0.4, -0.2) is 0 Å². The van der Waals surface area contributed by atoms with Crippen molar-refractivity contribution in [1.82, 2.24) is 0 Å². The number of halogens is 8. The predicted molar refractivity (Wildman–Crippen MR) is 72.5 cm³/mol. The molecule has 0 aromatic heterocycles. The van der Waals surface area contributed by atoms with Crippen LogP contribution in [0, 0.1) is 46.5 Å². The fourth-order valence-corrected chi connectivity index (χ4v) is 2.25. The molecule has 0 saturated carbocycles. The standard InChI is InChI=1S/C14H2F8.C2H6/c15-4-2-1-3-5(9(4)17)10(18)7-6(8(3)16)11(19)13(21)14(22)12(7)20;1-2/h1-2H;1-2H3.